The highest BCUT2D eigenvalue weighted by Gasteiger charge is 2.28. The number of hydrogen-bond acceptors (Lipinski definition) is 8. The first-order chi connectivity index (χ1) is 15.0. The number of carbonyl (C=O) groups excluding carboxylic acids is 2. The van der Waals surface area contributed by atoms with Gasteiger partial charge in [-0.3, -0.25) is 9.59 Å². The number of rotatable bonds is 6. The lowest BCUT2D eigenvalue weighted by molar-refractivity contribution is 0.0702. The highest BCUT2D eigenvalue weighted by atomic mass is 32.1. The van der Waals surface area contributed by atoms with E-state index in [0.717, 1.165) is 28.6 Å². The number of aromatic nitrogens is 2. The molecular weight excluding hydrogens is 436 g/mol. The average Bonchev–Trinajstić information content (AvgIpc) is 3.42. The highest BCUT2D eigenvalue weighted by Crippen LogP contribution is 2.36. The van der Waals surface area contributed by atoms with Crippen molar-refractivity contribution in [3.05, 3.63) is 38.7 Å². The number of methoxy groups -OCH3 is 2. The molecule has 10 heteroatoms. The molecule has 8 nitrogen and oxygen atoms in total. The van der Waals surface area contributed by atoms with E-state index in [4.69, 9.17) is 9.47 Å². The van der Waals surface area contributed by atoms with Gasteiger partial charge in [0.15, 0.2) is 5.82 Å². The van der Waals surface area contributed by atoms with E-state index < -0.39 is 0 Å². The molecule has 3 aromatic rings. The monoisotopic (exact) mass is 460 g/mol. The van der Waals surface area contributed by atoms with Crippen LogP contribution in [0.1, 0.15) is 44.3 Å². The Bertz CT molecular complexity index is 1090. The molecule has 1 N–H and O–H groups in total. The molecule has 3 aromatic heterocycles. The van der Waals surface area contributed by atoms with Gasteiger partial charge in [0, 0.05) is 37.2 Å². The van der Waals surface area contributed by atoms with Gasteiger partial charge in [0.05, 0.1) is 17.4 Å². The number of ether oxygens (including phenoxy) is 2. The third-order valence-corrected chi connectivity index (χ3v) is 7.22. The fraction of sp³-hybridized carbons (Fsp3) is 0.429. The minimum Gasteiger partial charge on any atom is -0.480 e. The normalized spacial score (nSPS) is 14.7. The first-order valence-electron chi connectivity index (χ1n) is 9.97. The number of hydrogen-bond donors (Lipinski definition) is 1. The Labute approximate surface area is 188 Å². The zero-order valence-electron chi connectivity index (χ0n) is 17.6. The maximum absolute atomic E-state index is 13.3. The zero-order valence-corrected chi connectivity index (χ0v) is 19.3. The summed E-state index contributed by atoms with van der Waals surface area (Å²) in [4.78, 5) is 37.7. The lowest BCUT2D eigenvalue weighted by Crippen LogP contribution is -2.46. The third kappa shape index (κ3) is 4.41. The topological polar surface area (TPSA) is 93.7 Å². The van der Waals surface area contributed by atoms with E-state index in [9.17, 15) is 9.59 Å². The van der Waals surface area contributed by atoms with Gasteiger partial charge in [-0.1, -0.05) is 0 Å². The molecule has 1 fully saturated rings. The van der Waals surface area contributed by atoms with Gasteiger partial charge in [-0.25, -0.2) is 4.98 Å². The van der Waals surface area contributed by atoms with E-state index in [0.29, 0.717) is 35.2 Å². The van der Waals surface area contributed by atoms with Gasteiger partial charge >= 0.3 is 0 Å². The fourth-order valence-electron chi connectivity index (χ4n) is 3.72. The Morgan fingerprint density at radius 2 is 2.03 bits per heavy atom. The zero-order chi connectivity index (χ0) is 22.0. The number of nitrogens with one attached hydrogen (secondary N) is 1. The Morgan fingerprint density at radius 3 is 2.68 bits per heavy atom. The lowest BCUT2D eigenvalue weighted by atomic mass is 10.0. The van der Waals surface area contributed by atoms with Crippen LogP contribution in [0.2, 0.25) is 0 Å². The Hall–Kier alpha value is -2.56. The molecule has 31 heavy (non-hydrogen) atoms. The smallest absolute Gasteiger partial charge is 0.264 e. The summed E-state index contributed by atoms with van der Waals surface area (Å²) in [5.74, 6) is 0.913. The maximum Gasteiger partial charge on any atom is 0.264 e. The van der Waals surface area contributed by atoms with Crippen molar-refractivity contribution in [2.75, 3.05) is 27.3 Å². The highest BCUT2D eigenvalue weighted by molar-refractivity contribution is 7.20. The summed E-state index contributed by atoms with van der Waals surface area (Å²) < 4.78 is 10.6. The van der Waals surface area contributed by atoms with Crippen molar-refractivity contribution in [1.29, 1.82) is 0 Å². The number of carbonyl (C=O) groups is 2. The predicted molar refractivity (Wildman–Crippen MR) is 120 cm³/mol. The standard InChI is InChI=1S/C21H24N4O4S2/c1-12-16-19(29-3)23-15(10-28-2)24-20(16)31-17(12)21(27)25-7-4-14(5-8-25)22-18(26)13-6-9-30-11-13/h6,9,11,14H,4-5,7-8,10H2,1-3H3,(H,22,26). The molecule has 0 bridgehead atoms. The average molecular weight is 461 g/mol. The minimum atomic E-state index is -0.0519. The Balaban J connectivity index is 1.47. The quantitative estimate of drug-likeness (QED) is 0.607. The number of amides is 2. The van der Waals surface area contributed by atoms with Crippen molar-refractivity contribution in [3.63, 3.8) is 0 Å². The van der Waals surface area contributed by atoms with Crippen LogP contribution < -0.4 is 10.1 Å². The lowest BCUT2D eigenvalue weighted by Gasteiger charge is -2.32. The van der Waals surface area contributed by atoms with Gasteiger partial charge in [-0.05, 0) is 36.8 Å². The van der Waals surface area contributed by atoms with Crippen LogP contribution in [0.15, 0.2) is 16.8 Å². The van der Waals surface area contributed by atoms with E-state index in [-0.39, 0.29) is 24.5 Å². The second-order valence-corrected chi connectivity index (χ2v) is 9.15. The summed E-state index contributed by atoms with van der Waals surface area (Å²) >= 11 is 2.86. The first kappa shape index (κ1) is 21.7. The molecule has 0 saturated carbocycles. The Morgan fingerprint density at radius 1 is 1.26 bits per heavy atom. The van der Waals surface area contributed by atoms with Gasteiger partial charge in [0.25, 0.3) is 11.8 Å². The predicted octanol–water partition coefficient (Wildman–Crippen LogP) is 3.25. The van der Waals surface area contributed by atoms with E-state index in [1.165, 1.54) is 22.7 Å². The summed E-state index contributed by atoms with van der Waals surface area (Å²) in [6, 6.07) is 1.89. The summed E-state index contributed by atoms with van der Waals surface area (Å²) in [6.45, 7) is 3.37. The van der Waals surface area contributed by atoms with Crippen LogP contribution in [0.5, 0.6) is 5.88 Å². The molecule has 164 valence electrons. The first-order valence-corrected chi connectivity index (χ1v) is 11.7. The molecular formula is C21H24N4O4S2. The fourth-order valence-corrected chi connectivity index (χ4v) is 5.52. The van der Waals surface area contributed by atoms with Crippen LogP contribution in [0, 0.1) is 6.92 Å². The van der Waals surface area contributed by atoms with Crippen molar-refractivity contribution in [2.45, 2.75) is 32.4 Å². The summed E-state index contributed by atoms with van der Waals surface area (Å²) in [5, 5.41) is 7.57. The van der Waals surface area contributed by atoms with Gasteiger partial charge in [-0.15, -0.1) is 11.3 Å². The second kappa shape index (κ2) is 9.29. The molecule has 2 amide bonds. The van der Waals surface area contributed by atoms with Gasteiger partial charge in [0.2, 0.25) is 5.88 Å². The van der Waals surface area contributed by atoms with E-state index in [1.54, 1.807) is 14.2 Å². The summed E-state index contributed by atoms with van der Waals surface area (Å²) in [7, 11) is 3.15. The van der Waals surface area contributed by atoms with E-state index >= 15 is 0 Å². The number of thiophene rings is 2. The van der Waals surface area contributed by atoms with Crippen LogP contribution in [-0.4, -0.2) is 60.0 Å². The molecule has 0 atom stereocenters. The van der Waals surface area contributed by atoms with E-state index in [1.807, 2.05) is 28.7 Å². The van der Waals surface area contributed by atoms with Crippen molar-refractivity contribution < 1.29 is 19.1 Å². The molecule has 0 radical (unpaired) electrons. The summed E-state index contributed by atoms with van der Waals surface area (Å²) in [5.41, 5.74) is 1.52. The number of fused-ring (bicyclic) bond motifs is 1. The minimum absolute atomic E-state index is 0.0153. The number of nitrogens with zero attached hydrogens (tertiary/aromatic N) is 3. The number of piperidine rings is 1. The van der Waals surface area contributed by atoms with Crippen LogP contribution >= 0.6 is 22.7 Å². The number of likely N-dealkylation sites (tertiary alicyclic amines) is 1. The molecule has 4 rings (SSSR count). The van der Waals surface area contributed by atoms with Crippen LogP contribution in [0.25, 0.3) is 10.2 Å². The SMILES string of the molecule is COCc1nc(OC)c2c(C)c(C(=O)N3CCC(NC(=O)c4ccsc4)CC3)sc2n1. The molecule has 0 aliphatic carbocycles. The molecule has 0 aromatic carbocycles. The van der Waals surface area contributed by atoms with Gasteiger partial charge < -0.3 is 19.7 Å². The summed E-state index contributed by atoms with van der Waals surface area (Å²) in [6.07, 6.45) is 1.46. The van der Waals surface area contributed by atoms with Crippen molar-refractivity contribution in [1.82, 2.24) is 20.2 Å². The molecule has 4 heterocycles. The van der Waals surface area contributed by atoms with E-state index in [2.05, 4.69) is 15.3 Å². The maximum atomic E-state index is 13.3. The van der Waals surface area contributed by atoms with Crippen molar-refractivity contribution in [3.8, 4) is 5.88 Å². The largest absolute Gasteiger partial charge is 0.480 e. The van der Waals surface area contributed by atoms with Crippen LogP contribution in [0.3, 0.4) is 0 Å². The third-order valence-electron chi connectivity index (χ3n) is 5.37. The molecule has 0 unspecified atom stereocenters. The van der Waals surface area contributed by atoms with Crippen molar-refractivity contribution in [2.24, 2.45) is 0 Å². The van der Waals surface area contributed by atoms with Gasteiger partial charge in [0.1, 0.15) is 11.4 Å². The molecule has 1 aliphatic rings. The van der Waals surface area contributed by atoms with Crippen LogP contribution in [0.4, 0.5) is 0 Å². The number of aryl methyl sites for hydroxylation is 1. The Kier molecular flexibility index (Phi) is 6.49. The molecule has 0 spiro atoms. The van der Waals surface area contributed by atoms with Crippen LogP contribution in [-0.2, 0) is 11.3 Å². The van der Waals surface area contributed by atoms with Crippen molar-refractivity contribution >= 4 is 44.7 Å². The second-order valence-electron chi connectivity index (χ2n) is 7.37. The molecule has 1 aliphatic heterocycles. The van der Waals surface area contributed by atoms with Gasteiger partial charge in [-0.2, -0.15) is 16.3 Å². The molecule has 1 saturated heterocycles.